The van der Waals surface area contributed by atoms with Crippen LogP contribution in [0.15, 0.2) is 18.2 Å². The molecule has 0 aliphatic carbocycles. The molecule has 0 unspecified atom stereocenters. The zero-order chi connectivity index (χ0) is 20.8. The average Bonchev–Trinajstić information content (AvgIpc) is 3.26. The average molecular weight is 435 g/mol. The fourth-order valence-corrected chi connectivity index (χ4v) is 5.76. The van der Waals surface area contributed by atoms with Crippen molar-refractivity contribution in [3.8, 4) is 5.69 Å². The molecule has 1 fully saturated rings. The lowest BCUT2D eigenvalue weighted by Crippen LogP contribution is -2.41. The Hall–Kier alpha value is -1.84. The molecule has 2 aliphatic heterocycles. The fourth-order valence-electron chi connectivity index (χ4n) is 3.85. The van der Waals surface area contributed by atoms with Crippen molar-refractivity contribution in [1.29, 1.82) is 0 Å². The van der Waals surface area contributed by atoms with Gasteiger partial charge in [0.1, 0.15) is 5.82 Å². The molecule has 1 saturated heterocycles. The van der Waals surface area contributed by atoms with E-state index in [1.165, 1.54) is 21.7 Å². The maximum Gasteiger partial charge on any atom is 0.228 e. The first-order valence-electron chi connectivity index (χ1n) is 9.76. The molecule has 0 saturated carbocycles. The van der Waals surface area contributed by atoms with Crippen molar-refractivity contribution in [3.05, 3.63) is 40.6 Å². The number of nitrogens with one attached hydrogen (secondary N) is 1. The molecule has 0 atom stereocenters. The predicted octanol–water partition coefficient (Wildman–Crippen LogP) is 2.85. The number of rotatable bonds is 4. The van der Waals surface area contributed by atoms with Crippen LogP contribution in [0.3, 0.4) is 0 Å². The summed E-state index contributed by atoms with van der Waals surface area (Å²) in [4.78, 5) is 13.0. The summed E-state index contributed by atoms with van der Waals surface area (Å²) in [6.45, 7) is 4.92. The molecule has 0 bridgehead atoms. The maximum absolute atomic E-state index is 13.0. The van der Waals surface area contributed by atoms with Gasteiger partial charge in [-0.05, 0) is 49.9 Å². The number of benzene rings is 1. The lowest BCUT2D eigenvalue weighted by molar-refractivity contribution is -0.120. The topological polar surface area (TPSA) is 84.3 Å². The lowest BCUT2D eigenvalue weighted by atomic mass is 9.97. The van der Waals surface area contributed by atoms with E-state index in [4.69, 9.17) is 5.10 Å². The minimum absolute atomic E-state index is 0.0529. The number of hydrogen-bond acceptors (Lipinski definition) is 5. The van der Waals surface area contributed by atoms with E-state index in [1.807, 2.05) is 10.7 Å². The summed E-state index contributed by atoms with van der Waals surface area (Å²) in [5.74, 6) is 2.19. The van der Waals surface area contributed by atoms with Crippen molar-refractivity contribution in [2.45, 2.75) is 38.2 Å². The first-order chi connectivity index (χ1) is 13.7. The highest BCUT2D eigenvalue weighted by atomic mass is 32.2. The molecule has 29 heavy (non-hydrogen) atoms. The van der Waals surface area contributed by atoms with Crippen LogP contribution in [-0.4, -0.2) is 47.8 Å². The van der Waals surface area contributed by atoms with Gasteiger partial charge in [0.25, 0.3) is 0 Å². The third-order valence-electron chi connectivity index (χ3n) is 5.82. The Morgan fingerprint density at radius 3 is 2.55 bits per heavy atom. The van der Waals surface area contributed by atoms with Gasteiger partial charge in [-0.15, -0.1) is 0 Å². The van der Waals surface area contributed by atoms with Crippen molar-refractivity contribution in [1.82, 2.24) is 14.1 Å². The van der Waals surface area contributed by atoms with Crippen molar-refractivity contribution >= 4 is 33.5 Å². The van der Waals surface area contributed by atoms with Crippen LogP contribution in [0.1, 0.15) is 35.2 Å². The van der Waals surface area contributed by atoms with E-state index in [2.05, 4.69) is 31.3 Å². The van der Waals surface area contributed by atoms with Gasteiger partial charge in [-0.25, -0.2) is 17.4 Å². The highest BCUT2D eigenvalue weighted by Gasteiger charge is 2.31. The first-order valence-corrected chi connectivity index (χ1v) is 12.8. The molecular formula is C20H26N4O3S2. The molecule has 2 aromatic rings. The minimum atomic E-state index is -3.20. The Balaban J connectivity index is 1.57. The van der Waals surface area contributed by atoms with Crippen LogP contribution in [0, 0.1) is 19.8 Å². The molecule has 1 aromatic heterocycles. The number of sulfonamides is 1. The molecule has 4 rings (SSSR count). The third kappa shape index (κ3) is 4.08. The Kier molecular flexibility index (Phi) is 5.48. The molecule has 7 nitrogen and oxygen atoms in total. The van der Waals surface area contributed by atoms with Crippen molar-refractivity contribution < 1.29 is 13.2 Å². The van der Waals surface area contributed by atoms with E-state index < -0.39 is 10.0 Å². The van der Waals surface area contributed by atoms with Crippen LogP contribution in [0.2, 0.25) is 0 Å². The molecule has 1 aromatic carbocycles. The van der Waals surface area contributed by atoms with Crippen LogP contribution in [0.5, 0.6) is 0 Å². The summed E-state index contributed by atoms with van der Waals surface area (Å²) in [5.41, 5.74) is 5.45. The number of anilines is 1. The van der Waals surface area contributed by atoms with Gasteiger partial charge >= 0.3 is 0 Å². The van der Waals surface area contributed by atoms with Gasteiger partial charge in [-0.1, -0.05) is 6.07 Å². The number of carbonyl (C=O) groups excluding carboxylic acids is 1. The molecule has 0 radical (unpaired) electrons. The first kappa shape index (κ1) is 20.4. The Morgan fingerprint density at radius 1 is 1.17 bits per heavy atom. The molecule has 0 spiro atoms. The van der Waals surface area contributed by atoms with E-state index in [0.29, 0.717) is 25.9 Å². The molecule has 1 amide bonds. The van der Waals surface area contributed by atoms with Crippen LogP contribution in [-0.2, 0) is 26.3 Å². The van der Waals surface area contributed by atoms with E-state index in [0.717, 1.165) is 34.3 Å². The van der Waals surface area contributed by atoms with Crippen LogP contribution in [0.4, 0.5) is 5.82 Å². The Labute approximate surface area is 175 Å². The normalized spacial score (nSPS) is 18.0. The SMILES string of the molecule is Cc1ccc(-n2nc3c(c2NC(=O)C2CCN(S(C)(=O)=O)CC2)CSC3)cc1C. The van der Waals surface area contributed by atoms with Gasteiger partial charge in [0.2, 0.25) is 15.9 Å². The second-order valence-electron chi connectivity index (χ2n) is 7.87. The van der Waals surface area contributed by atoms with Gasteiger partial charge in [0.15, 0.2) is 0 Å². The second-order valence-corrected chi connectivity index (χ2v) is 10.8. The number of piperidine rings is 1. The summed E-state index contributed by atoms with van der Waals surface area (Å²) in [6, 6.07) is 6.18. The number of amides is 1. The number of hydrogen-bond donors (Lipinski definition) is 1. The van der Waals surface area contributed by atoms with Crippen LogP contribution >= 0.6 is 11.8 Å². The zero-order valence-corrected chi connectivity index (χ0v) is 18.6. The van der Waals surface area contributed by atoms with Crippen molar-refractivity contribution in [2.24, 2.45) is 5.92 Å². The van der Waals surface area contributed by atoms with Crippen molar-refractivity contribution in [2.75, 3.05) is 24.7 Å². The van der Waals surface area contributed by atoms with E-state index in [1.54, 1.807) is 11.8 Å². The highest BCUT2D eigenvalue weighted by Crippen LogP contribution is 2.36. The molecule has 156 valence electrons. The van der Waals surface area contributed by atoms with Crippen LogP contribution in [0.25, 0.3) is 5.69 Å². The molecule has 9 heteroatoms. The molecule has 1 N–H and O–H groups in total. The Morgan fingerprint density at radius 2 is 1.90 bits per heavy atom. The van der Waals surface area contributed by atoms with Gasteiger partial charge in [0, 0.05) is 36.1 Å². The predicted molar refractivity (Wildman–Crippen MR) is 116 cm³/mol. The summed E-state index contributed by atoms with van der Waals surface area (Å²) in [5, 5.41) is 7.89. The molecule has 2 aliphatic rings. The summed E-state index contributed by atoms with van der Waals surface area (Å²) in [6.07, 6.45) is 2.29. The zero-order valence-electron chi connectivity index (χ0n) is 16.9. The summed E-state index contributed by atoms with van der Waals surface area (Å²) >= 11 is 1.80. The largest absolute Gasteiger partial charge is 0.310 e. The summed E-state index contributed by atoms with van der Waals surface area (Å²) in [7, 11) is -3.20. The van der Waals surface area contributed by atoms with Crippen molar-refractivity contribution in [3.63, 3.8) is 0 Å². The standard InChI is InChI=1S/C20H26N4O3S2/c1-13-4-5-16(10-14(13)2)24-19(17-11-28-12-18(17)22-24)21-20(25)15-6-8-23(9-7-15)29(3,26)27/h4-5,10,15H,6-9,11-12H2,1-3H3,(H,21,25). The van der Waals surface area contributed by atoms with Gasteiger partial charge in [-0.2, -0.15) is 16.9 Å². The van der Waals surface area contributed by atoms with Gasteiger partial charge < -0.3 is 5.32 Å². The Bertz CT molecular complexity index is 1050. The molecular weight excluding hydrogens is 408 g/mol. The quantitative estimate of drug-likeness (QED) is 0.800. The number of fused-ring (bicyclic) bond motifs is 1. The number of aromatic nitrogens is 2. The van der Waals surface area contributed by atoms with E-state index in [9.17, 15) is 13.2 Å². The monoisotopic (exact) mass is 434 g/mol. The lowest BCUT2D eigenvalue weighted by Gasteiger charge is -2.29. The van der Waals surface area contributed by atoms with E-state index in [-0.39, 0.29) is 11.8 Å². The second kappa shape index (κ2) is 7.77. The number of nitrogens with zero attached hydrogens (tertiary/aromatic N) is 3. The number of carbonyl (C=O) groups is 1. The number of aryl methyl sites for hydroxylation is 2. The fraction of sp³-hybridized carbons (Fsp3) is 0.500. The van der Waals surface area contributed by atoms with Crippen LogP contribution < -0.4 is 5.32 Å². The third-order valence-corrected chi connectivity index (χ3v) is 8.10. The van der Waals surface area contributed by atoms with Gasteiger partial charge in [-0.3, -0.25) is 4.79 Å². The molecule has 3 heterocycles. The van der Waals surface area contributed by atoms with Gasteiger partial charge in [0.05, 0.1) is 17.6 Å². The van der Waals surface area contributed by atoms with E-state index >= 15 is 0 Å². The highest BCUT2D eigenvalue weighted by molar-refractivity contribution is 7.98. The maximum atomic E-state index is 13.0. The minimum Gasteiger partial charge on any atom is -0.310 e. The summed E-state index contributed by atoms with van der Waals surface area (Å²) < 4.78 is 26.7. The number of thioether (sulfide) groups is 1. The smallest absolute Gasteiger partial charge is 0.228 e.